The average Bonchev–Trinajstić information content (AvgIpc) is 2.86. The molecule has 37 heavy (non-hydrogen) atoms. The topological polar surface area (TPSA) is 175 Å². The highest BCUT2D eigenvalue weighted by molar-refractivity contribution is 5.96. The van der Waals surface area contributed by atoms with Gasteiger partial charge in [-0.1, -0.05) is 26.0 Å². The summed E-state index contributed by atoms with van der Waals surface area (Å²) in [5, 5.41) is 10.0. The number of hydrogen-bond donors (Lipinski definition) is 5. The summed E-state index contributed by atoms with van der Waals surface area (Å²) in [6.07, 6.45) is -0.425. The maximum Gasteiger partial charge on any atom is 0.409 e. The van der Waals surface area contributed by atoms with Crippen LogP contribution in [-0.2, 0) is 30.5 Å². The molecule has 13 nitrogen and oxygen atoms in total. The van der Waals surface area contributed by atoms with E-state index in [1.807, 2.05) is 19.0 Å². The predicted molar refractivity (Wildman–Crippen MR) is 138 cm³/mol. The summed E-state index contributed by atoms with van der Waals surface area (Å²) in [6, 6.07) is 5.86. The van der Waals surface area contributed by atoms with Gasteiger partial charge in [0, 0.05) is 25.8 Å². The van der Waals surface area contributed by atoms with E-state index in [2.05, 4.69) is 21.3 Å². The largest absolute Gasteiger partial charge is 0.445 e. The van der Waals surface area contributed by atoms with E-state index >= 15 is 0 Å². The zero-order valence-corrected chi connectivity index (χ0v) is 22.1. The van der Waals surface area contributed by atoms with Crippen molar-refractivity contribution in [2.24, 2.45) is 11.7 Å². The molecule has 0 aliphatic rings. The lowest BCUT2D eigenvalue weighted by Crippen LogP contribution is -2.53. The zero-order valence-electron chi connectivity index (χ0n) is 22.1. The first-order valence-electron chi connectivity index (χ1n) is 11.9. The van der Waals surface area contributed by atoms with Crippen molar-refractivity contribution in [1.29, 1.82) is 0 Å². The summed E-state index contributed by atoms with van der Waals surface area (Å²) in [5.74, 6) is -2.29. The number of carbonyl (C=O) groups is 5. The molecule has 206 valence electrons. The van der Waals surface area contributed by atoms with Gasteiger partial charge in [0.25, 0.3) is 0 Å². The lowest BCUT2D eigenvalue weighted by Gasteiger charge is -2.21. The van der Waals surface area contributed by atoms with Gasteiger partial charge in [-0.2, -0.15) is 0 Å². The van der Waals surface area contributed by atoms with Crippen LogP contribution in [0.3, 0.4) is 0 Å². The predicted octanol–water partition coefficient (Wildman–Crippen LogP) is -0.913. The van der Waals surface area contributed by atoms with Gasteiger partial charge in [0.2, 0.25) is 23.6 Å². The molecule has 6 N–H and O–H groups in total. The molecule has 1 aromatic rings. The van der Waals surface area contributed by atoms with Crippen molar-refractivity contribution in [2.45, 2.75) is 26.5 Å². The maximum atomic E-state index is 12.5. The molecule has 0 aliphatic heterocycles. The Morgan fingerprint density at radius 3 is 2.08 bits per heavy atom. The summed E-state index contributed by atoms with van der Waals surface area (Å²) in [6.45, 7) is 3.98. The Kier molecular flexibility index (Phi) is 13.6. The third kappa shape index (κ3) is 12.7. The summed E-state index contributed by atoms with van der Waals surface area (Å²) >= 11 is 0. The van der Waals surface area contributed by atoms with Gasteiger partial charge in [-0.15, -0.1) is 0 Å². The highest BCUT2D eigenvalue weighted by atomic mass is 16.6. The van der Waals surface area contributed by atoms with E-state index < -0.39 is 35.8 Å². The fourth-order valence-electron chi connectivity index (χ4n) is 2.87. The molecule has 0 fully saturated rings. The molecule has 1 unspecified atom stereocenters. The van der Waals surface area contributed by atoms with Crippen molar-refractivity contribution < 1.29 is 28.7 Å². The monoisotopic (exact) mass is 521 g/mol. The van der Waals surface area contributed by atoms with Gasteiger partial charge < -0.3 is 41.5 Å². The quantitative estimate of drug-likeness (QED) is 0.209. The molecule has 0 bridgehead atoms. The number of amides is 5. The highest BCUT2D eigenvalue weighted by Crippen LogP contribution is 2.11. The van der Waals surface area contributed by atoms with Gasteiger partial charge in [0.05, 0.1) is 19.6 Å². The Morgan fingerprint density at radius 1 is 0.892 bits per heavy atom. The van der Waals surface area contributed by atoms with E-state index in [1.165, 1.54) is 4.90 Å². The van der Waals surface area contributed by atoms with E-state index in [1.54, 1.807) is 45.2 Å². The Morgan fingerprint density at radius 2 is 1.51 bits per heavy atom. The average molecular weight is 522 g/mol. The molecule has 0 saturated carbocycles. The Hall–Kier alpha value is -3.71. The SMILES string of the molecule is CC(C)C(NC(=O)CNC(=O)CN)C(=O)NCC(=O)Nc1ccc(COC(=O)N(C)CCN(C)C)cc1. The molecule has 1 rings (SSSR count). The first-order chi connectivity index (χ1) is 17.4. The smallest absolute Gasteiger partial charge is 0.409 e. The van der Waals surface area contributed by atoms with Crippen molar-refractivity contribution >= 4 is 35.4 Å². The fourth-order valence-corrected chi connectivity index (χ4v) is 2.87. The second-order valence-electron chi connectivity index (χ2n) is 9.01. The van der Waals surface area contributed by atoms with Gasteiger partial charge in [-0.25, -0.2) is 4.79 Å². The normalized spacial score (nSPS) is 11.5. The molecular formula is C24H39N7O6. The van der Waals surface area contributed by atoms with E-state index in [0.29, 0.717) is 12.2 Å². The van der Waals surface area contributed by atoms with Gasteiger partial charge >= 0.3 is 6.09 Å². The second-order valence-corrected chi connectivity index (χ2v) is 9.01. The van der Waals surface area contributed by atoms with Gasteiger partial charge in [-0.3, -0.25) is 19.2 Å². The molecule has 1 aromatic carbocycles. The number of nitrogens with two attached hydrogens (primary N) is 1. The molecule has 0 saturated heterocycles. The molecule has 0 spiro atoms. The van der Waals surface area contributed by atoms with Gasteiger partial charge in [0.1, 0.15) is 12.6 Å². The van der Waals surface area contributed by atoms with Crippen molar-refractivity contribution in [3.05, 3.63) is 29.8 Å². The standard InChI is InChI=1S/C24H39N7O6/c1-16(2)22(29-21(34)13-26-19(32)12-25)23(35)27-14-20(33)28-18-8-6-17(7-9-18)15-37-24(36)31(5)11-10-30(3)4/h6-9,16,22H,10-15,25H2,1-5H3,(H,26,32)(H,27,35)(H,28,33)(H,29,34). The third-order valence-corrected chi connectivity index (χ3v) is 5.11. The minimum absolute atomic E-state index is 0.0909. The van der Waals surface area contributed by atoms with Crippen LogP contribution < -0.4 is 27.0 Å². The van der Waals surface area contributed by atoms with E-state index in [0.717, 1.165) is 12.1 Å². The molecule has 13 heteroatoms. The number of benzene rings is 1. The van der Waals surface area contributed by atoms with Crippen molar-refractivity contribution in [1.82, 2.24) is 25.8 Å². The van der Waals surface area contributed by atoms with Gasteiger partial charge in [-0.05, 0) is 37.7 Å². The molecule has 1 atom stereocenters. The van der Waals surface area contributed by atoms with Crippen LogP contribution in [-0.4, -0.2) is 99.4 Å². The van der Waals surface area contributed by atoms with E-state index in [9.17, 15) is 24.0 Å². The summed E-state index contributed by atoms with van der Waals surface area (Å²) in [4.78, 5) is 63.5. The number of rotatable bonds is 14. The highest BCUT2D eigenvalue weighted by Gasteiger charge is 2.24. The minimum atomic E-state index is -0.890. The number of likely N-dealkylation sites (N-methyl/N-ethyl adjacent to an activating group) is 2. The van der Waals surface area contributed by atoms with Crippen LogP contribution in [0.15, 0.2) is 24.3 Å². The Bertz CT molecular complexity index is 921. The molecule has 0 aliphatic carbocycles. The van der Waals surface area contributed by atoms with Crippen molar-refractivity contribution in [2.75, 3.05) is 59.2 Å². The number of nitrogens with zero attached hydrogens (tertiary/aromatic N) is 2. The Labute approximate surface area is 217 Å². The van der Waals surface area contributed by atoms with E-state index in [-0.39, 0.29) is 32.2 Å². The molecular weight excluding hydrogens is 482 g/mol. The summed E-state index contributed by atoms with van der Waals surface area (Å²) in [5.41, 5.74) is 6.42. The van der Waals surface area contributed by atoms with Crippen LogP contribution in [0.4, 0.5) is 10.5 Å². The molecule has 0 aromatic heterocycles. The zero-order chi connectivity index (χ0) is 28.0. The lowest BCUT2D eigenvalue weighted by atomic mass is 10.0. The molecule has 0 heterocycles. The van der Waals surface area contributed by atoms with Crippen LogP contribution in [0.2, 0.25) is 0 Å². The Balaban J connectivity index is 2.48. The van der Waals surface area contributed by atoms with Crippen LogP contribution in [0.25, 0.3) is 0 Å². The summed E-state index contributed by atoms with van der Waals surface area (Å²) < 4.78 is 5.29. The number of anilines is 1. The summed E-state index contributed by atoms with van der Waals surface area (Å²) in [7, 11) is 5.51. The fraction of sp³-hybridized carbons (Fsp3) is 0.542. The minimum Gasteiger partial charge on any atom is -0.445 e. The lowest BCUT2D eigenvalue weighted by molar-refractivity contribution is -0.131. The maximum absolute atomic E-state index is 12.5. The van der Waals surface area contributed by atoms with E-state index in [4.69, 9.17) is 10.5 Å². The third-order valence-electron chi connectivity index (χ3n) is 5.11. The number of nitrogens with one attached hydrogen (secondary N) is 4. The number of ether oxygens (including phenoxy) is 1. The van der Waals surface area contributed by atoms with Crippen LogP contribution in [0.5, 0.6) is 0 Å². The first kappa shape index (κ1) is 31.3. The molecule has 0 radical (unpaired) electrons. The van der Waals surface area contributed by atoms with Crippen molar-refractivity contribution in [3.63, 3.8) is 0 Å². The van der Waals surface area contributed by atoms with Crippen LogP contribution in [0.1, 0.15) is 19.4 Å². The molecule has 5 amide bonds. The van der Waals surface area contributed by atoms with Crippen LogP contribution in [0, 0.1) is 5.92 Å². The van der Waals surface area contributed by atoms with Crippen LogP contribution >= 0.6 is 0 Å². The van der Waals surface area contributed by atoms with Crippen molar-refractivity contribution in [3.8, 4) is 0 Å². The first-order valence-corrected chi connectivity index (χ1v) is 11.9. The number of carbonyl (C=O) groups excluding carboxylic acids is 5. The second kappa shape index (κ2) is 16.1. The number of hydrogen-bond acceptors (Lipinski definition) is 8. The van der Waals surface area contributed by atoms with Gasteiger partial charge in [0.15, 0.2) is 0 Å².